The summed E-state index contributed by atoms with van der Waals surface area (Å²) in [5, 5.41) is 0. The van der Waals surface area contributed by atoms with E-state index in [0.29, 0.717) is 11.3 Å². The molecule has 3 aromatic rings. The van der Waals surface area contributed by atoms with E-state index in [-0.39, 0.29) is 29.4 Å². The number of carbonyl (C=O) groups is 4. The lowest BCUT2D eigenvalue weighted by Crippen LogP contribution is -2.45. The van der Waals surface area contributed by atoms with Crippen molar-refractivity contribution in [3.05, 3.63) is 101 Å². The van der Waals surface area contributed by atoms with Crippen LogP contribution in [0.25, 0.3) is 0 Å². The maximum absolute atomic E-state index is 13.7. The fourth-order valence-electron chi connectivity index (χ4n) is 6.31. The highest BCUT2D eigenvalue weighted by Crippen LogP contribution is 2.61. The van der Waals surface area contributed by atoms with Crippen LogP contribution >= 0.6 is 0 Å². The van der Waals surface area contributed by atoms with Crippen molar-refractivity contribution < 1.29 is 28.7 Å². The largest absolute Gasteiger partial charge is 0.497 e. The van der Waals surface area contributed by atoms with Crippen molar-refractivity contribution in [2.45, 2.75) is 24.8 Å². The molecule has 7 nitrogen and oxygen atoms in total. The normalized spacial score (nSPS) is 23.7. The number of esters is 1. The minimum atomic E-state index is -1.14. The van der Waals surface area contributed by atoms with E-state index < -0.39 is 30.5 Å². The van der Waals surface area contributed by atoms with Crippen molar-refractivity contribution in [3.63, 3.8) is 0 Å². The van der Waals surface area contributed by atoms with Crippen LogP contribution in [0.2, 0.25) is 0 Å². The van der Waals surface area contributed by atoms with E-state index in [1.165, 1.54) is 14.0 Å². The predicted molar refractivity (Wildman–Crippen MR) is 133 cm³/mol. The molecule has 3 atom stereocenters. The van der Waals surface area contributed by atoms with Crippen LogP contribution in [-0.2, 0) is 19.1 Å². The minimum Gasteiger partial charge on any atom is -0.497 e. The molecule has 1 heterocycles. The van der Waals surface area contributed by atoms with E-state index in [1.54, 1.807) is 24.3 Å². The Morgan fingerprint density at radius 1 is 0.784 bits per heavy atom. The lowest BCUT2D eigenvalue weighted by atomic mass is 9.55. The topological polar surface area (TPSA) is 90.0 Å². The molecule has 0 saturated carbocycles. The number of likely N-dealkylation sites (tertiary alicyclic amines) is 1. The number of hydrogen-bond donors (Lipinski definition) is 0. The number of amides is 2. The van der Waals surface area contributed by atoms with Crippen molar-refractivity contribution >= 4 is 23.6 Å². The minimum absolute atomic E-state index is 0.247. The molecule has 0 spiro atoms. The van der Waals surface area contributed by atoms with Gasteiger partial charge in [0.15, 0.2) is 12.4 Å². The number of imide groups is 1. The molecule has 0 N–H and O–H groups in total. The monoisotopic (exact) mass is 495 g/mol. The SMILES string of the molecule is COc1ccc(C(=O)COC(=O)C(C)N2C(=O)C3C4c5ccccc5C(c5ccccc54)C3C2=O)cc1. The molecule has 3 aliphatic carbocycles. The van der Waals surface area contributed by atoms with Crippen LogP contribution in [0.4, 0.5) is 0 Å². The van der Waals surface area contributed by atoms with Crippen molar-refractivity contribution in [2.75, 3.05) is 13.7 Å². The molecule has 37 heavy (non-hydrogen) atoms. The molecule has 0 aromatic heterocycles. The average molecular weight is 496 g/mol. The average Bonchev–Trinajstić information content (AvgIpc) is 3.21. The van der Waals surface area contributed by atoms with Crippen LogP contribution in [0.5, 0.6) is 5.75 Å². The van der Waals surface area contributed by atoms with E-state index in [4.69, 9.17) is 9.47 Å². The van der Waals surface area contributed by atoms with Gasteiger partial charge in [0.1, 0.15) is 11.8 Å². The molecular formula is C30H25NO6. The molecule has 1 fully saturated rings. The van der Waals surface area contributed by atoms with E-state index in [9.17, 15) is 19.2 Å². The molecule has 1 saturated heterocycles. The van der Waals surface area contributed by atoms with E-state index in [0.717, 1.165) is 27.2 Å². The summed E-state index contributed by atoms with van der Waals surface area (Å²) in [5.41, 5.74) is 4.63. The molecule has 1 aliphatic heterocycles. The number of nitrogens with zero attached hydrogens (tertiary/aromatic N) is 1. The lowest BCUT2D eigenvalue weighted by molar-refractivity contribution is -0.157. The summed E-state index contributed by atoms with van der Waals surface area (Å²) in [5.74, 6) is -2.93. The summed E-state index contributed by atoms with van der Waals surface area (Å²) >= 11 is 0. The molecule has 4 aliphatic rings. The van der Waals surface area contributed by atoms with Gasteiger partial charge in [0.05, 0.1) is 18.9 Å². The standard InChI is InChI=1S/C30H25NO6/c1-16(30(35)37-15-23(32)17-11-13-18(36-2)14-12-17)31-28(33)26-24-19-7-3-4-8-20(19)25(27(26)29(31)34)22-10-6-5-9-21(22)24/h3-14,16,24-27H,15H2,1-2H3. The van der Waals surface area contributed by atoms with Gasteiger partial charge in [-0.05, 0) is 53.4 Å². The van der Waals surface area contributed by atoms with Gasteiger partial charge < -0.3 is 9.47 Å². The Kier molecular flexibility index (Phi) is 5.44. The second kappa shape index (κ2) is 8.69. The van der Waals surface area contributed by atoms with E-state index in [2.05, 4.69) is 0 Å². The van der Waals surface area contributed by atoms with Gasteiger partial charge in [-0.2, -0.15) is 0 Å². The van der Waals surface area contributed by atoms with Gasteiger partial charge in [0.2, 0.25) is 11.8 Å². The number of Topliss-reactive ketones (excluding diaryl/α,β-unsaturated/α-hetero) is 1. The third kappa shape index (κ3) is 3.41. The zero-order valence-electron chi connectivity index (χ0n) is 20.4. The quantitative estimate of drug-likeness (QED) is 0.294. The number of hydrogen-bond acceptors (Lipinski definition) is 6. The van der Waals surface area contributed by atoms with Gasteiger partial charge in [-0.3, -0.25) is 19.3 Å². The summed E-state index contributed by atoms with van der Waals surface area (Å²) in [7, 11) is 1.53. The zero-order chi connectivity index (χ0) is 25.8. The predicted octanol–water partition coefficient (Wildman–Crippen LogP) is 3.70. The van der Waals surface area contributed by atoms with Gasteiger partial charge in [-0.1, -0.05) is 48.5 Å². The molecule has 0 radical (unpaired) electrons. The highest BCUT2D eigenvalue weighted by molar-refractivity contribution is 6.10. The first-order valence-electron chi connectivity index (χ1n) is 12.3. The summed E-state index contributed by atoms with van der Waals surface area (Å²) in [6.45, 7) is 0.996. The molecule has 3 aromatic carbocycles. The maximum Gasteiger partial charge on any atom is 0.329 e. The Bertz CT molecular complexity index is 1330. The fourth-order valence-corrected chi connectivity index (χ4v) is 6.31. The molecule has 7 heteroatoms. The lowest BCUT2D eigenvalue weighted by Gasteiger charge is -2.45. The first kappa shape index (κ1) is 23.2. The van der Waals surface area contributed by atoms with Gasteiger partial charge in [0.25, 0.3) is 0 Å². The summed E-state index contributed by atoms with van der Waals surface area (Å²) in [4.78, 5) is 54.0. The van der Waals surface area contributed by atoms with Crippen LogP contribution in [0, 0.1) is 11.8 Å². The van der Waals surface area contributed by atoms with Crippen molar-refractivity contribution in [2.24, 2.45) is 11.8 Å². The Morgan fingerprint density at radius 3 is 1.68 bits per heavy atom. The molecule has 7 rings (SSSR count). The van der Waals surface area contributed by atoms with Gasteiger partial charge in [-0.25, -0.2) is 4.79 Å². The molecular weight excluding hydrogens is 470 g/mol. The highest BCUT2D eigenvalue weighted by atomic mass is 16.5. The van der Waals surface area contributed by atoms with Crippen molar-refractivity contribution in [3.8, 4) is 5.75 Å². The van der Waals surface area contributed by atoms with Crippen LogP contribution in [0.3, 0.4) is 0 Å². The third-order valence-corrected chi connectivity index (χ3v) is 7.97. The second-order valence-corrected chi connectivity index (χ2v) is 9.75. The summed E-state index contributed by atoms with van der Waals surface area (Å²) in [6, 6.07) is 21.3. The van der Waals surface area contributed by atoms with Crippen LogP contribution in [-0.4, -0.2) is 48.2 Å². The number of methoxy groups -OCH3 is 1. The van der Waals surface area contributed by atoms with Gasteiger partial charge in [-0.15, -0.1) is 0 Å². The maximum atomic E-state index is 13.7. The second-order valence-electron chi connectivity index (χ2n) is 9.75. The summed E-state index contributed by atoms with van der Waals surface area (Å²) < 4.78 is 10.4. The first-order valence-corrected chi connectivity index (χ1v) is 12.3. The first-order chi connectivity index (χ1) is 17.9. The number of ether oxygens (including phenoxy) is 2. The highest BCUT2D eigenvalue weighted by Gasteiger charge is 2.62. The Balaban J connectivity index is 1.24. The van der Waals surface area contributed by atoms with Crippen LogP contribution in [0.15, 0.2) is 72.8 Å². The van der Waals surface area contributed by atoms with E-state index >= 15 is 0 Å². The Labute approximate surface area is 214 Å². The van der Waals surface area contributed by atoms with Crippen LogP contribution in [0.1, 0.15) is 51.4 Å². The zero-order valence-corrected chi connectivity index (χ0v) is 20.4. The van der Waals surface area contributed by atoms with E-state index in [1.807, 2.05) is 48.5 Å². The number of ketones is 1. The van der Waals surface area contributed by atoms with Gasteiger partial charge in [0, 0.05) is 17.4 Å². The van der Waals surface area contributed by atoms with Crippen molar-refractivity contribution in [1.82, 2.24) is 4.90 Å². The third-order valence-electron chi connectivity index (χ3n) is 7.97. The molecule has 3 unspecified atom stereocenters. The van der Waals surface area contributed by atoms with Crippen LogP contribution < -0.4 is 4.74 Å². The number of rotatable bonds is 6. The number of benzene rings is 3. The smallest absolute Gasteiger partial charge is 0.329 e. The van der Waals surface area contributed by atoms with Crippen molar-refractivity contribution in [1.29, 1.82) is 0 Å². The molecule has 2 bridgehead atoms. The molecule has 186 valence electrons. The Morgan fingerprint density at radius 2 is 1.24 bits per heavy atom. The van der Waals surface area contributed by atoms with Gasteiger partial charge >= 0.3 is 5.97 Å². The fraction of sp³-hybridized carbons (Fsp3) is 0.267. The molecule has 2 amide bonds. The Hall–Kier alpha value is -4.26. The summed E-state index contributed by atoms with van der Waals surface area (Å²) in [6.07, 6.45) is 0. The number of carbonyl (C=O) groups excluding carboxylic acids is 4.